The van der Waals surface area contributed by atoms with Gasteiger partial charge in [-0.05, 0) is 42.9 Å². The molecule has 1 aromatic rings. The Hall–Kier alpha value is -1.89. The predicted molar refractivity (Wildman–Crippen MR) is 92.2 cm³/mol. The molecule has 1 aliphatic carbocycles. The summed E-state index contributed by atoms with van der Waals surface area (Å²) in [6.45, 7) is 2.54. The molecule has 0 aromatic heterocycles. The number of benzene rings is 1. The van der Waals surface area contributed by atoms with Gasteiger partial charge in [-0.3, -0.25) is 9.59 Å². The average Bonchev–Trinajstić information content (AvgIpc) is 3.10. The number of likely N-dealkylation sites (tertiary alicyclic amines) is 1. The van der Waals surface area contributed by atoms with Crippen LogP contribution in [0.4, 0.5) is 0 Å². The fraction of sp³-hybridized carbons (Fsp3) is 0.556. The van der Waals surface area contributed by atoms with E-state index in [1.807, 2.05) is 6.92 Å². The van der Waals surface area contributed by atoms with Crippen molar-refractivity contribution in [3.63, 3.8) is 0 Å². The number of carbonyl (C=O) groups excluding carboxylic acids is 1. The second-order valence-corrected chi connectivity index (χ2v) is 9.20. The number of sulfone groups is 1. The zero-order chi connectivity index (χ0) is 18.4. The van der Waals surface area contributed by atoms with Gasteiger partial charge in [0.05, 0.1) is 10.3 Å². The zero-order valence-electron chi connectivity index (χ0n) is 14.5. The highest BCUT2D eigenvalue weighted by molar-refractivity contribution is 7.90. The third-order valence-corrected chi connectivity index (χ3v) is 6.81. The van der Waals surface area contributed by atoms with E-state index in [-0.39, 0.29) is 23.3 Å². The second kappa shape index (κ2) is 6.12. The molecule has 1 heterocycles. The number of carboxylic acid groups (broad SMARTS) is 1. The molecule has 2 atom stereocenters. The van der Waals surface area contributed by atoms with Gasteiger partial charge < -0.3 is 10.0 Å². The molecule has 6 nitrogen and oxygen atoms in total. The summed E-state index contributed by atoms with van der Waals surface area (Å²) in [7, 11) is -3.41. The normalized spacial score (nSPS) is 25.8. The second-order valence-electron chi connectivity index (χ2n) is 7.18. The predicted octanol–water partition coefficient (Wildman–Crippen LogP) is 1.98. The number of aryl methyl sites for hydroxylation is 1. The van der Waals surface area contributed by atoms with Gasteiger partial charge in [-0.15, -0.1) is 0 Å². The summed E-state index contributed by atoms with van der Waals surface area (Å²) in [5, 5.41) is 9.68. The van der Waals surface area contributed by atoms with Crippen molar-refractivity contribution in [2.45, 2.75) is 37.5 Å². The molecule has 0 spiro atoms. The minimum absolute atomic E-state index is 0.0166. The molecule has 2 aliphatic rings. The third-order valence-electron chi connectivity index (χ3n) is 5.70. The molecule has 25 heavy (non-hydrogen) atoms. The van der Waals surface area contributed by atoms with Gasteiger partial charge in [0.15, 0.2) is 9.84 Å². The van der Waals surface area contributed by atoms with Crippen LogP contribution >= 0.6 is 0 Å². The molecule has 3 rings (SSSR count). The first-order chi connectivity index (χ1) is 11.7. The van der Waals surface area contributed by atoms with Gasteiger partial charge in [-0.1, -0.05) is 19.4 Å². The van der Waals surface area contributed by atoms with E-state index in [0.29, 0.717) is 24.9 Å². The van der Waals surface area contributed by atoms with Crippen molar-refractivity contribution in [1.29, 1.82) is 0 Å². The highest BCUT2D eigenvalue weighted by Gasteiger charge is 2.55. The van der Waals surface area contributed by atoms with Crippen LogP contribution in [0, 0.1) is 11.3 Å². The molecule has 1 aliphatic heterocycles. The van der Waals surface area contributed by atoms with Gasteiger partial charge in [0.25, 0.3) is 5.91 Å². The number of fused-ring (bicyclic) bond motifs is 1. The van der Waals surface area contributed by atoms with Crippen molar-refractivity contribution in [3.05, 3.63) is 29.3 Å². The number of aliphatic carboxylic acids is 1. The Labute approximate surface area is 147 Å². The maximum Gasteiger partial charge on any atom is 0.311 e. The maximum absolute atomic E-state index is 13.0. The molecular weight excluding hydrogens is 342 g/mol. The molecule has 7 heteroatoms. The van der Waals surface area contributed by atoms with E-state index in [2.05, 4.69) is 0 Å². The first-order valence-electron chi connectivity index (χ1n) is 8.54. The lowest BCUT2D eigenvalue weighted by Gasteiger charge is -2.23. The molecule has 1 saturated carbocycles. The summed E-state index contributed by atoms with van der Waals surface area (Å²) < 4.78 is 23.7. The number of carbonyl (C=O) groups is 2. The minimum Gasteiger partial charge on any atom is -0.481 e. The molecular formula is C18H23NO5S. The number of hydrogen-bond donors (Lipinski definition) is 1. The average molecular weight is 365 g/mol. The molecule has 0 radical (unpaired) electrons. The molecule has 136 valence electrons. The fourth-order valence-electron chi connectivity index (χ4n) is 4.26. The van der Waals surface area contributed by atoms with Gasteiger partial charge >= 0.3 is 5.97 Å². The van der Waals surface area contributed by atoms with Crippen molar-refractivity contribution in [2.24, 2.45) is 11.3 Å². The number of hydrogen-bond acceptors (Lipinski definition) is 4. The Kier molecular flexibility index (Phi) is 4.39. The molecule has 1 N–H and O–H groups in total. The molecule has 1 amide bonds. The van der Waals surface area contributed by atoms with Crippen LogP contribution in [0.1, 0.15) is 42.1 Å². The van der Waals surface area contributed by atoms with E-state index in [4.69, 9.17) is 0 Å². The van der Waals surface area contributed by atoms with E-state index < -0.39 is 21.2 Å². The van der Waals surface area contributed by atoms with Gasteiger partial charge in [0.1, 0.15) is 0 Å². The molecule has 2 fully saturated rings. The smallest absolute Gasteiger partial charge is 0.311 e. The molecule has 1 aromatic carbocycles. The third kappa shape index (κ3) is 2.94. The fourth-order valence-corrected chi connectivity index (χ4v) is 4.90. The van der Waals surface area contributed by atoms with Crippen LogP contribution in [0.2, 0.25) is 0 Å². The van der Waals surface area contributed by atoms with Crippen molar-refractivity contribution in [2.75, 3.05) is 19.3 Å². The van der Waals surface area contributed by atoms with E-state index in [1.54, 1.807) is 11.0 Å². The SMILES string of the molecule is CCc1ccc(S(C)(=O)=O)cc1C(=O)N1C[C@@H]2CCC[C@@]2(C(=O)O)C1. The van der Waals surface area contributed by atoms with Crippen LogP contribution in [-0.2, 0) is 21.1 Å². The lowest BCUT2D eigenvalue weighted by atomic mass is 9.81. The van der Waals surface area contributed by atoms with E-state index in [0.717, 1.165) is 24.7 Å². The minimum atomic E-state index is -3.41. The summed E-state index contributed by atoms with van der Waals surface area (Å²) in [6, 6.07) is 4.62. The van der Waals surface area contributed by atoms with Crippen LogP contribution in [0.5, 0.6) is 0 Å². The van der Waals surface area contributed by atoms with Crippen molar-refractivity contribution in [3.8, 4) is 0 Å². The monoisotopic (exact) mass is 365 g/mol. The molecule has 0 unspecified atom stereocenters. The summed E-state index contributed by atoms with van der Waals surface area (Å²) in [4.78, 5) is 26.5. The van der Waals surface area contributed by atoms with Crippen LogP contribution in [0.15, 0.2) is 23.1 Å². The van der Waals surface area contributed by atoms with E-state index in [9.17, 15) is 23.1 Å². The number of rotatable bonds is 4. The first-order valence-corrected chi connectivity index (χ1v) is 10.4. The van der Waals surface area contributed by atoms with Crippen LogP contribution in [-0.4, -0.2) is 49.6 Å². The van der Waals surface area contributed by atoms with Gasteiger partial charge in [0, 0.05) is 24.9 Å². The number of amides is 1. The Morgan fingerprint density at radius 1 is 1.36 bits per heavy atom. The Bertz CT molecular complexity index is 832. The van der Waals surface area contributed by atoms with Gasteiger partial charge in [-0.25, -0.2) is 8.42 Å². The van der Waals surface area contributed by atoms with E-state index >= 15 is 0 Å². The van der Waals surface area contributed by atoms with Crippen LogP contribution in [0.25, 0.3) is 0 Å². The Morgan fingerprint density at radius 2 is 2.08 bits per heavy atom. The Morgan fingerprint density at radius 3 is 2.64 bits per heavy atom. The maximum atomic E-state index is 13.0. The lowest BCUT2D eigenvalue weighted by molar-refractivity contribution is -0.149. The van der Waals surface area contributed by atoms with Crippen molar-refractivity contribution in [1.82, 2.24) is 4.90 Å². The number of nitrogens with zero attached hydrogens (tertiary/aromatic N) is 1. The summed E-state index contributed by atoms with van der Waals surface area (Å²) in [5.74, 6) is -1.11. The zero-order valence-corrected chi connectivity index (χ0v) is 15.3. The van der Waals surface area contributed by atoms with Crippen molar-refractivity contribution >= 4 is 21.7 Å². The summed E-state index contributed by atoms with van der Waals surface area (Å²) in [5.41, 5.74) is 0.306. The standard InChI is InChI=1S/C18H23NO5S/c1-3-12-6-7-14(25(2,23)24)9-15(12)16(20)19-10-13-5-4-8-18(13,11-19)17(21)22/h6-7,9,13H,3-5,8,10-11H2,1-2H3,(H,21,22)/t13-,18+/m0/s1. The van der Waals surface area contributed by atoms with Gasteiger partial charge in [-0.2, -0.15) is 0 Å². The van der Waals surface area contributed by atoms with Crippen molar-refractivity contribution < 1.29 is 23.1 Å². The summed E-state index contributed by atoms with van der Waals surface area (Å²) in [6.07, 6.45) is 4.01. The highest BCUT2D eigenvalue weighted by Crippen LogP contribution is 2.49. The lowest BCUT2D eigenvalue weighted by Crippen LogP contribution is -2.37. The molecule has 0 bridgehead atoms. The highest BCUT2D eigenvalue weighted by atomic mass is 32.2. The topological polar surface area (TPSA) is 91.8 Å². The van der Waals surface area contributed by atoms with Crippen LogP contribution in [0.3, 0.4) is 0 Å². The summed E-state index contributed by atoms with van der Waals surface area (Å²) >= 11 is 0. The van der Waals surface area contributed by atoms with Crippen LogP contribution < -0.4 is 0 Å². The van der Waals surface area contributed by atoms with Gasteiger partial charge in [0.2, 0.25) is 0 Å². The largest absolute Gasteiger partial charge is 0.481 e. The number of carboxylic acids is 1. The first kappa shape index (κ1) is 17.9. The molecule has 1 saturated heterocycles. The Balaban J connectivity index is 1.95. The van der Waals surface area contributed by atoms with E-state index in [1.165, 1.54) is 12.1 Å². The quantitative estimate of drug-likeness (QED) is 0.881.